The summed E-state index contributed by atoms with van der Waals surface area (Å²) in [7, 11) is 1.99. The van der Waals surface area contributed by atoms with E-state index in [1.807, 2.05) is 25.2 Å². The van der Waals surface area contributed by atoms with E-state index in [0.717, 1.165) is 44.3 Å². The van der Waals surface area contributed by atoms with E-state index in [2.05, 4.69) is 22.3 Å². The molecule has 0 bridgehead atoms. The quantitative estimate of drug-likeness (QED) is 0.928. The Hall–Kier alpha value is -1.39. The number of hydrogen-bond acceptors (Lipinski definition) is 3. The summed E-state index contributed by atoms with van der Waals surface area (Å²) in [5.41, 5.74) is 0.754. The number of amides is 1. The summed E-state index contributed by atoms with van der Waals surface area (Å²) in [6.07, 6.45) is 3.81. The normalized spacial score (nSPS) is 25.0. The molecule has 1 N–H and O–H groups in total. The van der Waals surface area contributed by atoms with Crippen molar-refractivity contribution in [2.24, 2.45) is 0 Å². The lowest BCUT2D eigenvalue weighted by Gasteiger charge is -2.42. The molecule has 1 unspecified atom stereocenters. The molecule has 120 valence electrons. The molecule has 1 aromatic carbocycles. The maximum absolute atomic E-state index is 13.4. The molecule has 0 saturated carbocycles. The molecule has 2 fully saturated rings. The number of carbonyl (C=O) groups is 1. The van der Waals surface area contributed by atoms with Crippen LogP contribution in [0.2, 0.25) is 0 Å². The van der Waals surface area contributed by atoms with Gasteiger partial charge in [0.15, 0.2) is 0 Å². The first-order valence-corrected chi connectivity index (χ1v) is 8.36. The van der Waals surface area contributed by atoms with Gasteiger partial charge in [0, 0.05) is 32.3 Å². The molecule has 0 radical (unpaired) electrons. The van der Waals surface area contributed by atoms with E-state index in [1.54, 1.807) is 0 Å². The van der Waals surface area contributed by atoms with Gasteiger partial charge in [-0.2, -0.15) is 0 Å². The summed E-state index contributed by atoms with van der Waals surface area (Å²) in [4.78, 5) is 15.5. The van der Waals surface area contributed by atoms with Crippen molar-refractivity contribution in [3.05, 3.63) is 35.9 Å². The second-order valence-electron chi connectivity index (χ2n) is 6.44. The second kappa shape index (κ2) is 6.80. The van der Waals surface area contributed by atoms with Crippen molar-refractivity contribution in [1.82, 2.24) is 10.2 Å². The Kier molecular flexibility index (Phi) is 4.79. The third kappa shape index (κ3) is 2.90. The van der Waals surface area contributed by atoms with Crippen LogP contribution in [0.15, 0.2) is 30.3 Å². The standard InChI is InChI=1S/C18H26N2O2/c1-19-16-8-5-11-20(14-16)17(21)18(9-12-22-13-10-18)15-6-3-2-4-7-15/h2-4,6-7,16,19H,5,8-14H2,1H3. The van der Waals surface area contributed by atoms with Gasteiger partial charge in [0.05, 0.1) is 5.41 Å². The lowest BCUT2D eigenvalue weighted by Crippen LogP contribution is -2.55. The summed E-state index contributed by atoms with van der Waals surface area (Å²) in [5, 5.41) is 3.33. The summed E-state index contributed by atoms with van der Waals surface area (Å²) >= 11 is 0. The molecule has 4 heteroatoms. The van der Waals surface area contributed by atoms with Crippen LogP contribution in [0.4, 0.5) is 0 Å². The number of piperidine rings is 1. The van der Waals surface area contributed by atoms with Gasteiger partial charge in [-0.3, -0.25) is 4.79 Å². The molecule has 4 nitrogen and oxygen atoms in total. The monoisotopic (exact) mass is 302 g/mol. The SMILES string of the molecule is CNC1CCCN(C(=O)C2(c3ccccc3)CCOCC2)C1. The number of likely N-dealkylation sites (tertiary alicyclic amines) is 1. The van der Waals surface area contributed by atoms with Gasteiger partial charge in [-0.15, -0.1) is 0 Å². The maximum atomic E-state index is 13.4. The molecule has 1 amide bonds. The minimum atomic E-state index is -0.394. The van der Waals surface area contributed by atoms with Crippen molar-refractivity contribution >= 4 is 5.91 Å². The molecular formula is C18H26N2O2. The minimum Gasteiger partial charge on any atom is -0.381 e. The predicted molar refractivity (Wildman–Crippen MR) is 86.8 cm³/mol. The number of benzene rings is 1. The van der Waals surface area contributed by atoms with Crippen LogP contribution < -0.4 is 5.32 Å². The predicted octanol–water partition coefficient (Wildman–Crippen LogP) is 1.95. The number of carbonyl (C=O) groups excluding carboxylic acids is 1. The van der Waals surface area contributed by atoms with Crippen LogP contribution in [0.1, 0.15) is 31.2 Å². The average Bonchev–Trinajstić information content (AvgIpc) is 2.62. The molecular weight excluding hydrogens is 276 g/mol. The van der Waals surface area contributed by atoms with Gasteiger partial charge in [-0.1, -0.05) is 30.3 Å². The Morgan fingerprint density at radius 1 is 1.27 bits per heavy atom. The Morgan fingerprint density at radius 2 is 2.00 bits per heavy atom. The van der Waals surface area contributed by atoms with Crippen molar-refractivity contribution in [3.63, 3.8) is 0 Å². The van der Waals surface area contributed by atoms with Crippen molar-refractivity contribution in [2.45, 2.75) is 37.1 Å². The van der Waals surface area contributed by atoms with Crippen molar-refractivity contribution in [1.29, 1.82) is 0 Å². The minimum absolute atomic E-state index is 0.293. The van der Waals surface area contributed by atoms with Crippen molar-refractivity contribution < 1.29 is 9.53 Å². The second-order valence-corrected chi connectivity index (χ2v) is 6.44. The van der Waals surface area contributed by atoms with Gasteiger partial charge in [-0.05, 0) is 38.3 Å². The fraction of sp³-hybridized carbons (Fsp3) is 0.611. The summed E-state index contributed by atoms with van der Waals surface area (Å²) in [5.74, 6) is 0.293. The summed E-state index contributed by atoms with van der Waals surface area (Å²) in [6.45, 7) is 3.05. The number of ether oxygens (including phenoxy) is 1. The van der Waals surface area contributed by atoms with Gasteiger partial charge >= 0.3 is 0 Å². The first kappa shape index (κ1) is 15.5. The van der Waals surface area contributed by atoms with E-state index in [0.29, 0.717) is 25.2 Å². The van der Waals surface area contributed by atoms with Crippen molar-refractivity contribution in [3.8, 4) is 0 Å². The first-order chi connectivity index (χ1) is 10.8. The number of hydrogen-bond donors (Lipinski definition) is 1. The van der Waals surface area contributed by atoms with Crippen LogP contribution in [-0.2, 0) is 14.9 Å². The van der Waals surface area contributed by atoms with E-state index in [4.69, 9.17) is 4.74 Å². The largest absolute Gasteiger partial charge is 0.381 e. The highest BCUT2D eigenvalue weighted by atomic mass is 16.5. The number of nitrogens with zero attached hydrogens (tertiary/aromatic N) is 1. The number of nitrogens with one attached hydrogen (secondary N) is 1. The number of likely N-dealkylation sites (N-methyl/N-ethyl adjacent to an activating group) is 1. The third-order valence-electron chi connectivity index (χ3n) is 5.20. The van der Waals surface area contributed by atoms with Crippen LogP contribution in [0.25, 0.3) is 0 Å². The van der Waals surface area contributed by atoms with E-state index in [-0.39, 0.29) is 0 Å². The molecule has 0 aromatic heterocycles. The highest BCUT2D eigenvalue weighted by molar-refractivity contribution is 5.88. The molecule has 2 heterocycles. The van der Waals surface area contributed by atoms with E-state index in [1.165, 1.54) is 0 Å². The van der Waals surface area contributed by atoms with E-state index < -0.39 is 5.41 Å². The topological polar surface area (TPSA) is 41.6 Å². The Bertz CT molecular complexity index is 497. The van der Waals surface area contributed by atoms with Gasteiger partial charge in [0.2, 0.25) is 5.91 Å². The zero-order valence-electron chi connectivity index (χ0n) is 13.4. The molecule has 0 spiro atoms. The Balaban J connectivity index is 1.87. The molecule has 1 atom stereocenters. The molecule has 2 aliphatic rings. The highest BCUT2D eigenvalue weighted by Crippen LogP contribution is 2.37. The molecule has 2 aliphatic heterocycles. The van der Waals surface area contributed by atoms with Crippen LogP contribution in [0, 0.1) is 0 Å². The molecule has 0 aliphatic carbocycles. The van der Waals surface area contributed by atoms with Crippen LogP contribution in [-0.4, -0.2) is 50.2 Å². The maximum Gasteiger partial charge on any atom is 0.233 e. The third-order valence-corrected chi connectivity index (χ3v) is 5.20. The number of rotatable bonds is 3. The summed E-state index contributed by atoms with van der Waals surface area (Å²) < 4.78 is 5.54. The van der Waals surface area contributed by atoms with Crippen LogP contribution >= 0.6 is 0 Å². The fourth-order valence-corrected chi connectivity index (χ4v) is 3.80. The molecule has 22 heavy (non-hydrogen) atoms. The van der Waals surface area contributed by atoms with E-state index >= 15 is 0 Å². The summed E-state index contributed by atoms with van der Waals surface area (Å²) in [6, 6.07) is 10.7. The van der Waals surface area contributed by atoms with Crippen molar-refractivity contribution in [2.75, 3.05) is 33.4 Å². The Labute approximate surface area is 132 Å². The van der Waals surface area contributed by atoms with Crippen LogP contribution in [0.3, 0.4) is 0 Å². The smallest absolute Gasteiger partial charge is 0.233 e. The fourth-order valence-electron chi connectivity index (χ4n) is 3.80. The van der Waals surface area contributed by atoms with Gasteiger partial charge in [0.25, 0.3) is 0 Å². The van der Waals surface area contributed by atoms with Gasteiger partial charge in [0.1, 0.15) is 0 Å². The highest BCUT2D eigenvalue weighted by Gasteiger charge is 2.44. The van der Waals surface area contributed by atoms with E-state index in [9.17, 15) is 4.79 Å². The van der Waals surface area contributed by atoms with Crippen LogP contribution in [0.5, 0.6) is 0 Å². The first-order valence-electron chi connectivity index (χ1n) is 8.36. The molecule has 2 saturated heterocycles. The van der Waals surface area contributed by atoms with Gasteiger partial charge in [-0.25, -0.2) is 0 Å². The lowest BCUT2D eigenvalue weighted by atomic mass is 9.72. The average molecular weight is 302 g/mol. The Morgan fingerprint density at radius 3 is 2.68 bits per heavy atom. The zero-order chi connectivity index (χ0) is 15.4. The molecule has 3 rings (SSSR count). The lowest BCUT2D eigenvalue weighted by molar-refractivity contribution is -0.142. The zero-order valence-corrected chi connectivity index (χ0v) is 13.4. The molecule has 1 aromatic rings. The van der Waals surface area contributed by atoms with Gasteiger partial charge < -0.3 is 15.0 Å².